The van der Waals surface area contributed by atoms with E-state index in [-0.39, 0.29) is 5.92 Å². The lowest BCUT2D eigenvalue weighted by atomic mass is 9.85. The van der Waals surface area contributed by atoms with Crippen LogP contribution in [0, 0.1) is 12.8 Å². The topological polar surface area (TPSA) is 38.3 Å². The smallest absolute Gasteiger partial charge is 0.166 e. The highest BCUT2D eigenvalue weighted by molar-refractivity contribution is 5.98. The van der Waals surface area contributed by atoms with Gasteiger partial charge in [0.15, 0.2) is 5.78 Å². The Bertz CT molecular complexity index is 486. The number of aryl methyl sites for hydroxylation is 1. The summed E-state index contributed by atoms with van der Waals surface area (Å²) in [7, 11) is 1.66. The lowest BCUT2D eigenvalue weighted by Crippen LogP contribution is -2.40. The van der Waals surface area contributed by atoms with Crippen molar-refractivity contribution in [3.63, 3.8) is 0 Å². The van der Waals surface area contributed by atoms with Crippen molar-refractivity contribution in [1.82, 2.24) is 5.32 Å². The number of fused-ring (bicyclic) bond motifs is 2. The van der Waals surface area contributed by atoms with Gasteiger partial charge in [-0.15, -0.1) is 0 Å². The fourth-order valence-electron chi connectivity index (χ4n) is 3.54. The SMILES string of the molecule is COc1ccc(C(=O)C2CC3CCC(C2)N3)cc1C. The average Bonchev–Trinajstić information content (AvgIpc) is 2.76. The zero-order chi connectivity index (χ0) is 13.4. The first-order chi connectivity index (χ1) is 9.17. The molecule has 0 amide bonds. The van der Waals surface area contributed by atoms with Gasteiger partial charge in [-0.25, -0.2) is 0 Å². The number of piperidine rings is 1. The molecule has 3 nitrogen and oxygen atoms in total. The molecule has 102 valence electrons. The molecular formula is C16H21NO2. The molecule has 1 N–H and O–H groups in total. The van der Waals surface area contributed by atoms with Crippen molar-refractivity contribution in [3.8, 4) is 5.75 Å². The molecule has 1 aromatic carbocycles. The summed E-state index contributed by atoms with van der Waals surface area (Å²) in [6.45, 7) is 1.99. The third-order valence-corrected chi connectivity index (χ3v) is 4.52. The number of methoxy groups -OCH3 is 1. The number of rotatable bonds is 3. The van der Waals surface area contributed by atoms with Crippen LogP contribution in [0.3, 0.4) is 0 Å². The van der Waals surface area contributed by atoms with E-state index >= 15 is 0 Å². The van der Waals surface area contributed by atoms with E-state index in [2.05, 4.69) is 5.32 Å². The van der Waals surface area contributed by atoms with E-state index < -0.39 is 0 Å². The minimum atomic E-state index is 0.201. The molecule has 0 radical (unpaired) electrons. The van der Waals surface area contributed by atoms with Crippen molar-refractivity contribution in [3.05, 3.63) is 29.3 Å². The summed E-state index contributed by atoms with van der Waals surface area (Å²) < 4.78 is 5.25. The molecule has 2 bridgehead atoms. The van der Waals surface area contributed by atoms with Crippen LogP contribution in [0.5, 0.6) is 5.75 Å². The Morgan fingerprint density at radius 2 is 1.95 bits per heavy atom. The van der Waals surface area contributed by atoms with Gasteiger partial charge in [0.05, 0.1) is 7.11 Å². The Labute approximate surface area is 114 Å². The van der Waals surface area contributed by atoms with E-state index in [0.717, 1.165) is 29.7 Å². The van der Waals surface area contributed by atoms with Gasteiger partial charge in [-0.3, -0.25) is 4.79 Å². The van der Waals surface area contributed by atoms with Crippen LogP contribution in [0.2, 0.25) is 0 Å². The monoisotopic (exact) mass is 259 g/mol. The molecule has 0 spiro atoms. The zero-order valence-corrected chi connectivity index (χ0v) is 11.6. The Kier molecular flexibility index (Phi) is 3.31. The summed E-state index contributed by atoms with van der Waals surface area (Å²) in [5.41, 5.74) is 1.87. The minimum absolute atomic E-state index is 0.201. The summed E-state index contributed by atoms with van der Waals surface area (Å²) in [5.74, 6) is 1.36. The highest BCUT2D eigenvalue weighted by Crippen LogP contribution is 2.33. The predicted octanol–water partition coefficient (Wildman–Crippen LogP) is 2.72. The molecule has 3 rings (SSSR count). The van der Waals surface area contributed by atoms with Crippen molar-refractivity contribution >= 4 is 5.78 Å². The predicted molar refractivity (Wildman–Crippen MR) is 74.7 cm³/mol. The molecule has 1 aromatic rings. The summed E-state index contributed by atoms with van der Waals surface area (Å²) in [4.78, 5) is 12.6. The number of hydrogen-bond donors (Lipinski definition) is 1. The van der Waals surface area contributed by atoms with Gasteiger partial charge in [0.25, 0.3) is 0 Å². The Morgan fingerprint density at radius 3 is 2.53 bits per heavy atom. The largest absolute Gasteiger partial charge is 0.496 e. The van der Waals surface area contributed by atoms with Crippen molar-refractivity contribution in [1.29, 1.82) is 0 Å². The Hall–Kier alpha value is -1.35. The lowest BCUT2D eigenvalue weighted by Gasteiger charge is -2.28. The lowest BCUT2D eigenvalue weighted by molar-refractivity contribution is 0.0875. The fraction of sp³-hybridized carbons (Fsp3) is 0.562. The molecule has 19 heavy (non-hydrogen) atoms. The molecule has 0 aliphatic carbocycles. The van der Waals surface area contributed by atoms with E-state index in [1.807, 2.05) is 25.1 Å². The van der Waals surface area contributed by atoms with Gasteiger partial charge in [-0.2, -0.15) is 0 Å². The van der Waals surface area contributed by atoms with Gasteiger partial charge in [0, 0.05) is 23.6 Å². The maximum absolute atomic E-state index is 12.6. The molecule has 2 atom stereocenters. The van der Waals surface area contributed by atoms with Gasteiger partial charge in [-0.05, 0) is 56.4 Å². The van der Waals surface area contributed by atoms with Gasteiger partial charge in [0.1, 0.15) is 5.75 Å². The third-order valence-electron chi connectivity index (χ3n) is 4.52. The first kappa shape index (κ1) is 12.7. The van der Waals surface area contributed by atoms with Crippen molar-refractivity contribution in [2.75, 3.05) is 7.11 Å². The third kappa shape index (κ3) is 2.39. The van der Waals surface area contributed by atoms with Crippen LogP contribution in [0.15, 0.2) is 18.2 Å². The van der Waals surface area contributed by atoms with Gasteiger partial charge in [-0.1, -0.05) is 0 Å². The Morgan fingerprint density at radius 1 is 1.26 bits per heavy atom. The van der Waals surface area contributed by atoms with Gasteiger partial charge < -0.3 is 10.1 Å². The normalized spacial score (nSPS) is 29.3. The highest BCUT2D eigenvalue weighted by Gasteiger charge is 2.36. The molecule has 0 saturated carbocycles. The van der Waals surface area contributed by atoms with Gasteiger partial charge >= 0.3 is 0 Å². The number of carbonyl (C=O) groups excluding carboxylic acids is 1. The van der Waals surface area contributed by atoms with Crippen LogP contribution in [-0.2, 0) is 0 Å². The number of carbonyl (C=O) groups is 1. The molecule has 2 aliphatic heterocycles. The molecule has 2 heterocycles. The van der Waals surface area contributed by atoms with Crippen LogP contribution in [0.25, 0.3) is 0 Å². The average molecular weight is 259 g/mol. The summed E-state index contributed by atoms with van der Waals surface area (Å²) in [5, 5.41) is 3.58. The molecule has 0 aromatic heterocycles. The standard InChI is InChI=1S/C16H21NO2/c1-10-7-11(3-6-15(10)19-2)16(18)12-8-13-4-5-14(9-12)17-13/h3,6-7,12-14,17H,4-5,8-9H2,1-2H3. The summed E-state index contributed by atoms with van der Waals surface area (Å²) in [6.07, 6.45) is 4.47. The summed E-state index contributed by atoms with van der Waals surface area (Å²) in [6, 6.07) is 6.89. The molecule has 3 heteroatoms. The molecule has 2 aliphatic rings. The Balaban J connectivity index is 1.78. The number of benzene rings is 1. The molecule has 2 fully saturated rings. The number of Topliss-reactive ketones (excluding diaryl/α,β-unsaturated/α-hetero) is 1. The second-order valence-electron chi connectivity index (χ2n) is 5.85. The van der Waals surface area contributed by atoms with Crippen LogP contribution in [0.1, 0.15) is 41.6 Å². The van der Waals surface area contributed by atoms with Crippen molar-refractivity contribution < 1.29 is 9.53 Å². The first-order valence-corrected chi connectivity index (χ1v) is 7.12. The van der Waals surface area contributed by atoms with Crippen LogP contribution in [0.4, 0.5) is 0 Å². The first-order valence-electron chi connectivity index (χ1n) is 7.12. The van der Waals surface area contributed by atoms with Crippen LogP contribution >= 0.6 is 0 Å². The molecular weight excluding hydrogens is 238 g/mol. The van der Waals surface area contributed by atoms with Crippen LogP contribution in [-0.4, -0.2) is 25.0 Å². The van der Waals surface area contributed by atoms with E-state index in [0.29, 0.717) is 17.9 Å². The number of ketones is 1. The maximum atomic E-state index is 12.6. The minimum Gasteiger partial charge on any atom is -0.496 e. The van der Waals surface area contributed by atoms with Gasteiger partial charge in [0.2, 0.25) is 0 Å². The quantitative estimate of drug-likeness (QED) is 0.848. The number of ether oxygens (including phenoxy) is 1. The van der Waals surface area contributed by atoms with Crippen molar-refractivity contribution in [2.45, 2.75) is 44.7 Å². The van der Waals surface area contributed by atoms with Crippen LogP contribution < -0.4 is 10.1 Å². The van der Waals surface area contributed by atoms with E-state index in [4.69, 9.17) is 4.74 Å². The van der Waals surface area contributed by atoms with Crippen molar-refractivity contribution in [2.24, 2.45) is 5.92 Å². The van der Waals surface area contributed by atoms with E-state index in [9.17, 15) is 4.79 Å². The van der Waals surface area contributed by atoms with E-state index in [1.165, 1.54) is 12.8 Å². The fourth-order valence-corrected chi connectivity index (χ4v) is 3.54. The molecule has 2 unspecified atom stereocenters. The maximum Gasteiger partial charge on any atom is 0.166 e. The summed E-state index contributed by atoms with van der Waals surface area (Å²) >= 11 is 0. The zero-order valence-electron chi connectivity index (χ0n) is 11.6. The van der Waals surface area contributed by atoms with E-state index in [1.54, 1.807) is 7.11 Å². The highest BCUT2D eigenvalue weighted by atomic mass is 16.5. The number of nitrogens with one attached hydrogen (secondary N) is 1. The second-order valence-corrected chi connectivity index (χ2v) is 5.85. The molecule has 2 saturated heterocycles. The number of hydrogen-bond acceptors (Lipinski definition) is 3. The second kappa shape index (κ2) is 4.97.